The number of ether oxygens (including phenoxy) is 1. The Balaban J connectivity index is 1.79. The Morgan fingerprint density at radius 2 is 1.61 bits per heavy atom. The van der Waals surface area contributed by atoms with Gasteiger partial charge in [0.05, 0.1) is 22.6 Å². The average molecular weight is 465 g/mol. The van der Waals surface area contributed by atoms with E-state index in [1.807, 2.05) is 55.5 Å². The van der Waals surface area contributed by atoms with Crippen molar-refractivity contribution in [1.82, 2.24) is 9.97 Å². The van der Waals surface area contributed by atoms with E-state index in [0.717, 1.165) is 49.4 Å². The summed E-state index contributed by atoms with van der Waals surface area (Å²) in [6.45, 7) is 4.17. The van der Waals surface area contributed by atoms with Crippen LogP contribution in [0, 0.1) is 0 Å². The van der Waals surface area contributed by atoms with Crippen LogP contribution in [0.15, 0.2) is 58.6 Å². The van der Waals surface area contributed by atoms with Crippen molar-refractivity contribution in [1.29, 1.82) is 0 Å². The average Bonchev–Trinajstić information content (AvgIpc) is 3.33. The zero-order valence-corrected chi connectivity index (χ0v) is 19.6. The summed E-state index contributed by atoms with van der Waals surface area (Å²) in [4.78, 5) is 31.2. The Morgan fingerprint density at radius 1 is 0.970 bits per heavy atom. The number of carbonyl (C=O) groups excluding carboxylic acids is 1. The summed E-state index contributed by atoms with van der Waals surface area (Å²) in [5.41, 5.74) is 3.76. The Kier molecular flexibility index (Phi) is 7.08. The van der Waals surface area contributed by atoms with Crippen molar-refractivity contribution in [2.45, 2.75) is 55.5 Å². The van der Waals surface area contributed by atoms with Crippen molar-refractivity contribution in [3.8, 4) is 0 Å². The third-order valence-corrected chi connectivity index (χ3v) is 6.88. The van der Waals surface area contributed by atoms with Gasteiger partial charge >= 0.3 is 11.9 Å². The number of aliphatic carboxylic acids is 1. The number of hydrogen-bond acceptors (Lipinski definition) is 4. The molecule has 1 atom stereocenters. The number of fused-ring (bicyclic) bond motifs is 2. The number of aromatic nitrogens is 2. The second-order valence-corrected chi connectivity index (χ2v) is 9.00. The normalized spacial score (nSPS) is 12.3. The Labute approximate surface area is 196 Å². The van der Waals surface area contributed by atoms with Crippen molar-refractivity contribution in [2.75, 3.05) is 6.61 Å². The summed E-state index contributed by atoms with van der Waals surface area (Å²) in [5.74, 6) is -1.64. The van der Waals surface area contributed by atoms with Gasteiger partial charge in [0.1, 0.15) is 0 Å². The molecule has 0 fully saturated rings. The summed E-state index contributed by atoms with van der Waals surface area (Å²) in [6, 6.07) is 15.8. The van der Waals surface area contributed by atoms with E-state index >= 15 is 0 Å². The number of esters is 1. The van der Waals surface area contributed by atoms with Crippen molar-refractivity contribution >= 4 is 45.5 Å². The SMILES string of the molecule is CCCC(C(=O)O)c1c(Sc2[nH]c3ccccc3c2CCC(=O)OCC)[nH]c2ccccc12. The molecule has 2 aromatic heterocycles. The van der Waals surface area contributed by atoms with Gasteiger partial charge in [-0.3, -0.25) is 9.59 Å². The molecule has 0 spiro atoms. The molecular weight excluding hydrogens is 436 g/mol. The third kappa shape index (κ3) is 4.78. The van der Waals surface area contributed by atoms with Crippen LogP contribution in [0.2, 0.25) is 0 Å². The number of carboxylic acid groups (broad SMARTS) is 1. The number of aryl methyl sites for hydroxylation is 1. The maximum absolute atomic E-state index is 12.2. The molecule has 0 radical (unpaired) electrons. The number of nitrogens with one attached hydrogen (secondary N) is 2. The number of carbonyl (C=O) groups is 2. The van der Waals surface area contributed by atoms with E-state index in [4.69, 9.17) is 4.74 Å². The van der Waals surface area contributed by atoms with Gasteiger partial charge in [0, 0.05) is 33.8 Å². The van der Waals surface area contributed by atoms with Crippen molar-refractivity contribution in [3.05, 3.63) is 59.7 Å². The standard InChI is InChI=1S/C26H28N2O4S/c1-3-9-19(26(30)31)23-18-11-6-8-13-21(18)28-25(23)33-24-17(14-15-22(29)32-4-2)16-10-5-7-12-20(16)27-24/h5-8,10-13,19,27-28H,3-4,9,14-15H2,1-2H3,(H,30,31). The number of carboxylic acids is 1. The molecular formula is C26H28N2O4S. The minimum Gasteiger partial charge on any atom is -0.481 e. The van der Waals surface area contributed by atoms with Crippen LogP contribution >= 0.6 is 11.8 Å². The molecule has 2 heterocycles. The van der Waals surface area contributed by atoms with E-state index < -0.39 is 11.9 Å². The van der Waals surface area contributed by atoms with Gasteiger partial charge in [0.25, 0.3) is 0 Å². The van der Waals surface area contributed by atoms with Gasteiger partial charge < -0.3 is 19.8 Å². The molecule has 0 amide bonds. The molecule has 0 saturated heterocycles. The van der Waals surface area contributed by atoms with Crippen LogP contribution in [0.1, 0.15) is 50.2 Å². The molecule has 1 unspecified atom stereocenters. The molecule has 2 aromatic carbocycles. The van der Waals surface area contributed by atoms with Gasteiger partial charge in [-0.05, 0) is 37.5 Å². The largest absolute Gasteiger partial charge is 0.481 e. The number of H-pyrrole nitrogens is 2. The molecule has 0 saturated carbocycles. The van der Waals surface area contributed by atoms with Gasteiger partial charge in [0.15, 0.2) is 0 Å². The lowest BCUT2D eigenvalue weighted by Crippen LogP contribution is -2.12. The highest BCUT2D eigenvalue weighted by Gasteiger charge is 2.27. The van der Waals surface area contributed by atoms with E-state index in [-0.39, 0.29) is 12.4 Å². The van der Waals surface area contributed by atoms with Gasteiger partial charge in [-0.1, -0.05) is 61.5 Å². The van der Waals surface area contributed by atoms with Crippen LogP contribution in [0.4, 0.5) is 0 Å². The minimum absolute atomic E-state index is 0.223. The van der Waals surface area contributed by atoms with Gasteiger partial charge in [-0.2, -0.15) is 0 Å². The first kappa shape index (κ1) is 23.0. The van der Waals surface area contributed by atoms with Crippen LogP contribution in [0.25, 0.3) is 21.8 Å². The maximum atomic E-state index is 12.2. The van der Waals surface area contributed by atoms with E-state index in [1.165, 1.54) is 11.8 Å². The van der Waals surface area contributed by atoms with Gasteiger partial charge in [-0.15, -0.1) is 0 Å². The van der Waals surface area contributed by atoms with Crippen LogP contribution in [0.5, 0.6) is 0 Å². The zero-order valence-electron chi connectivity index (χ0n) is 18.8. The van der Waals surface area contributed by atoms with E-state index in [1.54, 1.807) is 6.92 Å². The summed E-state index contributed by atoms with van der Waals surface area (Å²) in [5, 5.41) is 13.7. The first-order chi connectivity index (χ1) is 16.0. The fourth-order valence-corrected chi connectivity index (χ4v) is 5.54. The highest BCUT2D eigenvalue weighted by atomic mass is 32.2. The fraction of sp³-hybridized carbons (Fsp3) is 0.308. The summed E-state index contributed by atoms with van der Waals surface area (Å²) in [7, 11) is 0. The zero-order chi connectivity index (χ0) is 23.4. The molecule has 0 aliphatic heterocycles. The molecule has 4 aromatic rings. The van der Waals surface area contributed by atoms with E-state index in [9.17, 15) is 14.7 Å². The lowest BCUT2D eigenvalue weighted by atomic mass is 9.94. The number of rotatable bonds is 10. The minimum atomic E-state index is -0.817. The number of benzene rings is 2. The number of para-hydroxylation sites is 2. The molecule has 0 bridgehead atoms. The molecule has 6 nitrogen and oxygen atoms in total. The molecule has 0 aliphatic carbocycles. The Hall–Kier alpha value is -3.19. The Bertz CT molecular complexity index is 1290. The quantitative estimate of drug-likeness (QED) is 0.241. The van der Waals surface area contributed by atoms with Crippen molar-refractivity contribution in [2.24, 2.45) is 0 Å². The Morgan fingerprint density at radius 3 is 2.27 bits per heavy atom. The lowest BCUT2D eigenvalue weighted by molar-refractivity contribution is -0.143. The smallest absolute Gasteiger partial charge is 0.311 e. The highest BCUT2D eigenvalue weighted by Crippen LogP contribution is 2.42. The van der Waals surface area contributed by atoms with Crippen molar-refractivity contribution in [3.63, 3.8) is 0 Å². The summed E-state index contributed by atoms with van der Waals surface area (Å²) < 4.78 is 5.13. The second-order valence-electron chi connectivity index (χ2n) is 7.98. The first-order valence-electron chi connectivity index (χ1n) is 11.3. The van der Waals surface area contributed by atoms with Crippen LogP contribution in [-0.2, 0) is 20.7 Å². The van der Waals surface area contributed by atoms with Crippen LogP contribution in [-0.4, -0.2) is 33.6 Å². The highest BCUT2D eigenvalue weighted by molar-refractivity contribution is 7.99. The third-order valence-electron chi connectivity index (χ3n) is 5.80. The molecule has 4 rings (SSSR count). The van der Waals surface area contributed by atoms with E-state index in [2.05, 4.69) is 9.97 Å². The van der Waals surface area contributed by atoms with Crippen molar-refractivity contribution < 1.29 is 19.4 Å². The summed E-state index contributed by atoms with van der Waals surface area (Å²) in [6.07, 6.45) is 2.17. The van der Waals surface area contributed by atoms with Gasteiger partial charge in [0.2, 0.25) is 0 Å². The topological polar surface area (TPSA) is 95.2 Å². The second kappa shape index (κ2) is 10.2. The predicted molar refractivity (Wildman–Crippen MR) is 131 cm³/mol. The predicted octanol–water partition coefficient (Wildman–Crippen LogP) is 6.26. The number of aromatic amines is 2. The van der Waals surface area contributed by atoms with Crippen LogP contribution in [0.3, 0.4) is 0 Å². The first-order valence-corrected chi connectivity index (χ1v) is 12.1. The molecule has 3 N–H and O–H groups in total. The van der Waals surface area contributed by atoms with Gasteiger partial charge in [-0.25, -0.2) is 0 Å². The monoisotopic (exact) mass is 464 g/mol. The van der Waals surface area contributed by atoms with Crippen LogP contribution < -0.4 is 0 Å². The fourth-order valence-electron chi connectivity index (χ4n) is 4.32. The van der Waals surface area contributed by atoms with E-state index in [0.29, 0.717) is 19.4 Å². The summed E-state index contributed by atoms with van der Waals surface area (Å²) >= 11 is 1.50. The lowest BCUT2D eigenvalue weighted by Gasteiger charge is -2.13. The molecule has 33 heavy (non-hydrogen) atoms. The molecule has 172 valence electrons. The molecule has 0 aliphatic rings. The number of hydrogen-bond donors (Lipinski definition) is 3. The molecule has 7 heteroatoms. The maximum Gasteiger partial charge on any atom is 0.311 e.